The van der Waals surface area contributed by atoms with Crippen LogP contribution in [0.2, 0.25) is 5.02 Å². The Morgan fingerprint density at radius 3 is 2.63 bits per heavy atom. The van der Waals surface area contributed by atoms with E-state index in [0.717, 1.165) is 10.0 Å². The van der Waals surface area contributed by atoms with Gasteiger partial charge in [-0.25, -0.2) is 0 Å². The molecule has 0 radical (unpaired) electrons. The number of hydrogen-bond donors (Lipinski definition) is 1. The first kappa shape index (κ1) is 14.0. The van der Waals surface area contributed by atoms with E-state index in [-0.39, 0.29) is 11.9 Å². The molecule has 0 aliphatic carbocycles. The molecule has 19 heavy (non-hydrogen) atoms. The molecule has 0 bridgehead atoms. The highest BCUT2D eigenvalue weighted by molar-refractivity contribution is 9.10. The summed E-state index contributed by atoms with van der Waals surface area (Å²) in [7, 11) is 0. The van der Waals surface area contributed by atoms with Gasteiger partial charge in [-0.1, -0.05) is 39.7 Å². The zero-order valence-corrected chi connectivity index (χ0v) is 12.6. The van der Waals surface area contributed by atoms with Crippen LogP contribution in [0.25, 0.3) is 0 Å². The Balaban J connectivity index is 2.11. The predicted octanol–water partition coefficient (Wildman–Crippen LogP) is 3.99. The molecule has 0 saturated carbocycles. The first-order valence-corrected chi connectivity index (χ1v) is 6.91. The van der Waals surface area contributed by atoms with E-state index in [4.69, 9.17) is 11.6 Å². The molecule has 1 aromatic carbocycles. The maximum absolute atomic E-state index is 12.1. The number of nitrogens with zero attached hydrogens (tertiary/aromatic N) is 1. The van der Waals surface area contributed by atoms with Crippen LogP contribution < -0.4 is 5.32 Å². The quantitative estimate of drug-likeness (QED) is 0.918. The summed E-state index contributed by atoms with van der Waals surface area (Å²) in [6.45, 7) is 1.93. The Morgan fingerprint density at radius 2 is 2.00 bits per heavy atom. The molecule has 98 valence electrons. The minimum absolute atomic E-state index is 0.0927. The van der Waals surface area contributed by atoms with Crippen LogP contribution >= 0.6 is 27.5 Å². The summed E-state index contributed by atoms with van der Waals surface area (Å²) in [4.78, 5) is 15.9. The van der Waals surface area contributed by atoms with Gasteiger partial charge in [0.1, 0.15) is 0 Å². The van der Waals surface area contributed by atoms with E-state index in [1.165, 1.54) is 6.20 Å². The summed E-state index contributed by atoms with van der Waals surface area (Å²) in [6.07, 6.45) is 3.01. The number of hydrogen-bond acceptors (Lipinski definition) is 2. The largest absolute Gasteiger partial charge is 0.345 e. The number of benzene rings is 1. The lowest BCUT2D eigenvalue weighted by Crippen LogP contribution is -2.26. The second-order valence-electron chi connectivity index (χ2n) is 4.10. The first-order chi connectivity index (χ1) is 9.08. The van der Waals surface area contributed by atoms with Gasteiger partial charge >= 0.3 is 0 Å². The zero-order valence-electron chi connectivity index (χ0n) is 10.2. The van der Waals surface area contributed by atoms with Gasteiger partial charge in [0, 0.05) is 16.9 Å². The monoisotopic (exact) mass is 338 g/mol. The van der Waals surface area contributed by atoms with Crippen molar-refractivity contribution in [1.82, 2.24) is 10.3 Å². The van der Waals surface area contributed by atoms with E-state index in [1.54, 1.807) is 12.3 Å². The molecule has 1 N–H and O–H groups in total. The van der Waals surface area contributed by atoms with Crippen molar-refractivity contribution in [3.63, 3.8) is 0 Å². The molecule has 0 aliphatic rings. The number of carbonyl (C=O) groups is 1. The van der Waals surface area contributed by atoms with Gasteiger partial charge in [-0.15, -0.1) is 0 Å². The Bertz CT molecular complexity index is 586. The summed E-state index contributed by atoms with van der Waals surface area (Å²) in [6, 6.07) is 9.32. The van der Waals surface area contributed by atoms with Crippen LogP contribution in [-0.2, 0) is 0 Å². The summed E-state index contributed by atoms with van der Waals surface area (Å²) < 4.78 is 1.01. The maximum atomic E-state index is 12.1. The third-order valence-electron chi connectivity index (χ3n) is 2.73. The van der Waals surface area contributed by atoms with Crippen molar-refractivity contribution in [3.05, 3.63) is 63.3 Å². The second kappa shape index (κ2) is 6.17. The highest BCUT2D eigenvalue weighted by Gasteiger charge is 2.13. The SMILES string of the molecule is C[C@@H](NC(=O)c1ccncc1Cl)c1ccc(Br)cc1. The van der Waals surface area contributed by atoms with Gasteiger partial charge in [0.05, 0.1) is 16.6 Å². The molecule has 0 spiro atoms. The fourth-order valence-electron chi connectivity index (χ4n) is 1.67. The van der Waals surface area contributed by atoms with Gasteiger partial charge in [-0.2, -0.15) is 0 Å². The summed E-state index contributed by atoms with van der Waals surface area (Å²) in [5, 5.41) is 3.26. The molecular weight excluding hydrogens is 328 g/mol. The van der Waals surface area contributed by atoms with Gasteiger partial charge in [-0.05, 0) is 30.7 Å². The van der Waals surface area contributed by atoms with Gasteiger partial charge < -0.3 is 5.32 Å². The molecule has 3 nitrogen and oxygen atoms in total. The number of halogens is 2. The minimum Gasteiger partial charge on any atom is -0.345 e. The topological polar surface area (TPSA) is 42.0 Å². The van der Waals surface area contributed by atoms with E-state index in [9.17, 15) is 4.79 Å². The molecule has 1 atom stereocenters. The summed E-state index contributed by atoms with van der Waals surface area (Å²) >= 11 is 9.32. The zero-order chi connectivity index (χ0) is 13.8. The minimum atomic E-state index is -0.206. The van der Waals surface area contributed by atoms with Gasteiger partial charge in [-0.3, -0.25) is 9.78 Å². The molecule has 0 fully saturated rings. The number of nitrogens with one attached hydrogen (secondary N) is 1. The highest BCUT2D eigenvalue weighted by atomic mass is 79.9. The normalized spacial score (nSPS) is 11.9. The number of rotatable bonds is 3. The van der Waals surface area contributed by atoms with Gasteiger partial charge in [0.2, 0.25) is 0 Å². The van der Waals surface area contributed by atoms with Crippen molar-refractivity contribution < 1.29 is 4.79 Å². The number of carbonyl (C=O) groups excluding carboxylic acids is 1. The second-order valence-corrected chi connectivity index (χ2v) is 5.43. The third-order valence-corrected chi connectivity index (χ3v) is 3.56. The first-order valence-electron chi connectivity index (χ1n) is 5.74. The van der Waals surface area contributed by atoms with E-state index >= 15 is 0 Å². The van der Waals surface area contributed by atoms with Crippen molar-refractivity contribution >= 4 is 33.4 Å². The molecule has 0 saturated heterocycles. The number of amides is 1. The smallest absolute Gasteiger partial charge is 0.253 e. The third kappa shape index (κ3) is 3.55. The van der Waals surface area contributed by atoms with E-state index in [1.807, 2.05) is 31.2 Å². The van der Waals surface area contributed by atoms with Gasteiger partial charge in [0.15, 0.2) is 0 Å². The number of aromatic nitrogens is 1. The molecule has 1 aromatic heterocycles. The van der Waals surface area contributed by atoms with E-state index in [0.29, 0.717) is 10.6 Å². The van der Waals surface area contributed by atoms with Crippen LogP contribution in [0.4, 0.5) is 0 Å². The van der Waals surface area contributed by atoms with Crippen molar-refractivity contribution in [2.45, 2.75) is 13.0 Å². The standard InChI is InChI=1S/C14H12BrClN2O/c1-9(10-2-4-11(15)5-3-10)18-14(19)12-6-7-17-8-13(12)16/h2-9H,1H3,(H,18,19)/t9-/m1/s1. The highest BCUT2D eigenvalue weighted by Crippen LogP contribution is 2.18. The molecule has 0 unspecified atom stereocenters. The van der Waals surface area contributed by atoms with Crippen molar-refractivity contribution in [3.8, 4) is 0 Å². The van der Waals surface area contributed by atoms with E-state index in [2.05, 4.69) is 26.2 Å². The van der Waals surface area contributed by atoms with Gasteiger partial charge in [0.25, 0.3) is 5.91 Å². The molecule has 1 heterocycles. The molecule has 0 aliphatic heterocycles. The molecule has 1 amide bonds. The number of pyridine rings is 1. The van der Waals surface area contributed by atoms with Crippen molar-refractivity contribution in [2.24, 2.45) is 0 Å². The van der Waals surface area contributed by atoms with Crippen LogP contribution in [0, 0.1) is 0 Å². The van der Waals surface area contributed by atoms with Crippen LogP contribution in [0.1, 0.15) is 28.9 Å². The summed E-state index contributed by atoms with van der Waals surface area (Å²) in [5.41, 5.74) is 1.46. The van der Waals surface area contributed by atoms with Crippen LogP contribution in [0.3, 0.4) is 0 Å². The lowest BCUT2D eigenvalue weighted by molar-refractivity contribution is 0.0940. The summed E-state index contributed by atoms with van der Waals surface area (Å²) in [5.74, 6) is -0.206. The van der Waals surface area contributed by atoms with Crippen molar-refractivity contribution in [2.75, 3.05) is 0 Å². The Kier molecular flexibility index (Phi) is 4.56. The van der Waals surface area contributed by atoms with Crippen molar-refractivity contribution in [1.29, 1.82) is 0 Å². The van der Waals surface area contributed by atoms with Crippen LogP contribution in [0.5, 0.6) is 0 Å². The van der Waals surface area contributed by atoms with Crippen LogP contribution in [0.15, 0.2) is 47.2 Å². The predicted molar refractivity (Wildman–Crippen MR) is 79.3 cm³/mol. The molecule has 5 heteroatoms. The molecule has 2 aromatic rings. The maximum Gasteiger partial charge on any atom is 0.253 e. The van der Waals surface area contributed by atoms with E-state index < -0.39 is 0 Å². The lowest BCUT2D eigenvalue weighted by atomic mass is 10.1. The van der Waals surface area contributed by atoms with Crippen LogP contribution in [-0.4, -0.2) is 10.9 Å². The molecule has 2 rings (SSSR count). The lowest BCUT2D eigenvalue weighted by Gasteiger charge is -2.15. The fraction of sp³-hybridized carbons (Fsp3) is 0.143. The Morgan fingerprint density at radius 1 is 1.32 bits per heavy atom. The Labute approximate surface area is 125 Å². The fourth-order valence-corrected chi connectivity index (χ4v) is 2.14. The Hall–Kier alpha value is -1.39. The molecular formula is C14H12BrClN2O. The average Bonchev–Trinajstić information content (AvgIpc) is 2.39. The average molecular weight is 340 g/mol.